The average Bonchev–Trinajstić information content (AvgIpc) is 2.72. The number of carbonyl (C=O) groups excluding carboxylic acids is 2. The van der Waals surface area contributed by atoms with Crippen molar-refractivity contribution in [3.05, 3.63) is 68.4 Å². The summed E-state index contributed by atoms with van der Waals surface area (Å²) in [5.74, 6) is -1.66. The maximum absolute atomic E-state index is 12.3. The Morgan fingerprint density at radius 3 is 1.53 bits per heavy atom. The Labute approximate surface area is 190 Å². The van der Waals surface area contributed by atoms with Gasteiger partial charge in [-0.15, -0.1) is 0 Å². The smallest absolute Gasteiger partial charge is 0.255 e. The summed E-state index contributed by atoms with van der Waals surface area (Å²) in [5.41, 5.74) is 17.2. The minimum Gasteiger partial charge on any atom is -0.507 e. The van der Waals surface area contributed by atoms with Gasteiger partial charge in [0.25, 0.3) is 11.8 Å². The lowest BCUT2D eigenvalue weighted by Gasteiger charge is -2.17. The number of nitrogens with zero attached hydrogens (tertiary/aromatic N) is 6. The van der Waals surface area contributed by atoms with E-state index in [1.807, 2.05) is 0 Å². The predicted octanol–water partition coefficient (Wildman–Crippen LogP) is 5.21. The van der Waals surface area contributed by atoms with Gasteiger partial charge in [-0.25, -0.2) is 0 Å². The van der Waals surface area contributed by atoms with Gasteiger partial charge in [0.05, 0.1) is 21.9 Å². The number of phenolic OH excluding ortho intramolecular Hbond substituents is 2. The molecule has 0 heterocycles. The lowest BCUT2D eigenvalue weighted by atomic mass is 10.1. The SMILES string of the molecule is CC(NC(=O)c1ccc(N=[N+]=[N-])cc1O)SSC(C)NC(=O)c1ccc(N=[N+]=[N-])cc1O. The van der Waals surface area contributed by atoms with Crippen LogP contribution >= 0.6 is 21.6 Å². The molecular formula is C18H18N8O4S2. The van der Waals surface area contributed by atoms with Gasteiger partial charge < -0.3 is 20.8 Å². The van der Waals surface area contributed by atoms with E-state index in [1.54, 1.807) is 13.8 Å². The van der Waals surface area contributed by atoms with Crippen molar-refractivity contribution in [1.29, 1.82) is 0 Å². The summed E-state index contributed by atoms with van der Waals surface area (Å²) in [4.78, 5) is 29.9. The van der Waals surface area contributed by atoms with E-state index in [0.29, 0.717) is 0 Å². The molecule has 2 aromatic carbocycles. The van der Waals surface area contributed by atoms with Crippen LogP contribution in [0.25, 0.3) is 20.9 Å². The average molecular weight is 475 g/mol. The Kier molecular flexibility index (Phi) is 8.93. The van der Waals surface area contributed by atoms with Crippen LogP contribution in [0.3, 0.4) is 0 Å². The summed E-state index contributed by atoms with van der Waals surface area (Å²) >= 11 is 0. The molecular weight excluding hydrogens is 456 g/mol. The van der Waals surface area contributed by atoms with Crippen LogP contribution in [0.15, 0.2) is 46.6 Å². The fourth-order valence-electron chi connectivity index (χ4n) is 2.39. The molecule has 0 saturated heterocycles. The number of hydrogen-bond donors (Lipinski definition) is 4. The van der Waals surface area contributed by atoms with Crippen molar-refractivity contribution in [2.24, 2.45) is 10.2 Å². The van der Waals surface area contributed by atoms with Crippen LogP contribution in [-0.2, 0) is 0 Å². The first-order chi connectivity index (χ1) is 15.2. The van der Waals surface area contributed by atoms with Gasteiger partial charge >= 0.3 is 0 Å². The molecule has 2 aromatic rings. The summed E-state index contributed by atoms with van der Waals surface area (Å²) in [5, 5.41) is 31.3. The van der Waals surface area contributed by atoms with Gasteiger partial charge in [-0.1, -0.05) is 43.9 Å². The summed E-state index contributed by atoms with van der Waals surface area (Å²) < 4.78 is 0. The van der Waals surface area contributed by atoms with Crippen molar-refractivity contribution >= 4 is 44.8 Å². The van der Waals surface area contributed by atoms with E-state index in [-0.39, 0.29) is 44.7 Å². The van der Waals surface area contributed by atoms with Crippen LogP contribution < -0.4 is 10.6 Å². The first kappa shape index (κ1) is 24.6. The number of nitrogens with one attached hydrogen (secondary N) is 2. The van der Waals surface area contributed by atoms with Gasteiger partial charge in [0.1, 0.15) is 11.5 Å². The third-order valence-electron chi connectivity index (χ3n) is 3.79. The molecule has 2 atom stereocenters. The van der Waals surface area contributed by atoms with Crippen LogP contribution in [0, 0.1) is 0 Å². The van der Waals surface area contributed by atoms with E-state index < -0.39 is 11.8 Å². The molecule has 2 unspecified atom stereocenters. The number of aromatic hydroxyl groups is 2. The zero-order valence-corrected chi connectivity index (χ0v) is 18.5. The van der Waals surface area contributed by atoms with Gasteiger partial charge in [-0.2, -0.15) is 0 Å². The fourth-order valence-corrected chi connectivity index (χ4v) is 4.32. The third-order valence-corrected chi connectivity index (χ3v) is 6.77. The van der Waals surface area contributed by atoms with Crippen molar-refractivity contribution in [3.63, 3.8) is 0 Å². The van der Waals surface area contributed by atoms with Crippen LogP contribution in [-0.4, -0.2) is 32.8 Å². The number of rotatable bonds is 9. The zero-order valence-electron chi connectivity index (χ0n) is 16.8. The Morgan fingerprint density at radius 1 is 0.844 bits per heavy atom. The van der Waals surface area contributed by atoms with Gasteiger partial charge in [-0.3, -0.25) is 9.59 Å². The van der Waals surface area contributed by atoms with Crippen LogP contribution in [0.5, 0.6) is 11.5 Å². The van der Waals surface area contributed by atoms with E-state index in [1.165, 1.54) is 58.0 Å². The highest BCUT2D eigenvalue weighted by Gasteiger charge is 2.18. The molecule has 12 nitrogen and oxygen atoms in total. The van der Waals surface area contributed by atoms with Gasteiger partial charge in [0.2, 0.25) is 0 Å². The molecule has 0 bridgehead atoms. The van der Waals surface area contributed by atoms with E-state index in [2.05, 4.69) is 30.7 Å². The Morgan fingerprint density at radius 2 is 1.22 bits per heavy atom. The van der Waals surface area contributed by atoms with Gasteiger partial charge in [0.15, 0.2) is 0 Å². The Balaban J connectivity index is 1.88. The van der Waals surface area contributed by atoms with Crippen molar-refractivity contribution < 1.29 is 19.8 Å². The minimum atomic E-state index is -0.516. The lowest BCUT2D eigenvalue weighted by Crippen LogP contribution is -2.32. The van der Waals surface area contributed by atoms with Crippen LogP contribution in [0.2, 0.25) is 0 Å². The number of azide groups is 2. The van der Waals surface area contributed by atoms with Crippen LogP contribution in [0.4, 0.5) is 11.4 Å². The molecule has 0 radical (unpaired) electrons. The standard InChI is InChI=1S/C18H18N8O4S2/c1-9(21-17(29)13-5-3-11(23-25-19)7-15(13)27)31-32-10(2)22-18(30)14-6-4-12(24-26-20)8-16(14)28/h3-10,27-28H,1-2H3,(H,21,29)(H,22,30). The summed E-state index contributed by atoms with van der Waals surface area (Å²) in [6.07, 6.45) is 0. The summed E-state index contributed by atoms with van der Waals surface area (Å²) in [6.45, 7) is 3.46. The fraction of sp³-hybridized carbons (Fsp3) is 0.222. The zero-order chi connectivity index (χ0) is 23.7. The monoisotopic (exact) mass is 474 g/mol. The van der Waals surface area contributed by atoms with Crippen molar-refractivity contribution in [1.82, 2.24) is 10.6 Å². The number of carbonyl (C=O) groups is 2. The summed E-state index contributed by atoms with van der Waals surface area (Å²) in [6, 6.07) is 7.89. The number of phenols is 2. The van der Waals surface area contributed by atoms with E-state index in [9.17, 15) is 19.8 Å². The number of amides is 2. The molecule has 0 aliphatic rings. The summed E-state index contributed by atoms with van der Waals surface area (Å²) in [7, 11) is 2.56. The topological polar surface area (TPSA) is 196 Å². The Bertz CT molecular complexity index is 1030. The highest BCUT2D eigenvalue weighted by atomic mass is 33.1. The van der Waals surface area contributed by atoms with Crippen LogP contribution in [0.1, 0.15) is 34.6 Å². The van der Waals surface area contributed by atoms with Gasteiger partial charge in [-0.05, 0) is 49.2 Å². The van der Waals surface area contributed by atoms with Crippen molar-refractivity contribution in [2.45, 2.75) is 24.6 Å². The quantitative estimate of drug-likeness (QED) is 0.126. The minimum absolute atomic E-state index is 0.0281. The second-order valence-electron chi connectivity index (χ2n) is 6.21. The second-order valence-corrected chi connectivity index (χ2v) is 9.16. The molecule has 2 amide bonds. The van der Waals surface area contributed by atoms with Crippen molar-refractivity contribution in [3.8, 4) is 11.5 Å². The van der Waals surface area contributed by atoms with E-state index >= 15 is 0 Å². The predicted molar refractivity (Wildman–Crippen MR) is 123 cm³/mol. The first-order valence-corrected chi connectivity index (χ1v) is 11.2. The highest BCUT2D eigenvalue weighted by Crippen LogP contribution is 2.31. The molecule has 0 spiro atoms. The molecule has 0 aliphatic heterocycles. The normalized spacial score (nSPS) is 11.9. The Hall–Kier alpha value is -3.70. The second kappa shape index (κ2) is 11.6. The molecule has 0 saturated carbocycles. The van der Waals surface area contributed by atoms with E-state index in [4.69, 9.17) is 11.1 Å². The molecule has 0 aromatic heterocycles. The number of benzene rings is 2. The number of hydrogen-bond acceptors (Lipinski definition) is 8. The molecule has 4 N–H and O–H groups in total. The highest BCUT2D eigenvalue weighted by molar-refractivity contribution is 8.77. The molecule has 0 aliphatic carbocycles. The third kappa shape index (κ3) is 6.93. The molecule has 2 rings (SSSR count). The van der Waals surface area contributed by atoms with E-state index in [0.717, 1.165) is 0 Å². The molecule has 14 heteroatoms. The van der Waals surface area contributed by atoms with Gasteiger partial charge in [0, 0.05) is 21.2 Å². The molecule has 166 valence electrons. The maximum atomic E-state index is 12.3. The molecule has 0 fully saturated rings. The largest absolute Gasteiger partial charge is 0.507 e. The first-order valence-electron chi connectivity index (χ1n) is 8.95. The maximum Gasteiger partial charge on any atom is 0.255 e. The molecule has 32 heavy (non-hydrogen) atoms. The lowest BCUT2D eigenvalue weighted by molar-refractivity contribution is 0.0940. The van der Waals surface area contributed by atoms with Crippen molar-refractivity contribution in [2.75, 3.05) is 0 Å².